The molecule has 0 spiro atoms. The van der Waals surface area contributed by atoms with E-state index < -0.39 is 34.6 Å². The first-order valence-corrected chi connectivity index (χ1v) is 8.82. The Bertz CT molecular complexity index is 1090. The third-order valence-corrected chi connectivity index (χ3v) is 4.64. The summed E-state index contributed by atoms with van der Waals surface area (Å²) >= 11 is -2.83. The number of hydrogen-bond acceptors (Lipinski definition) is 4. The third-order valence-electron chi connectivity index (χ3n) is 3.92. The van der Waals surface area contributed by atoms with Crippen LogP contribution in [-0.4, -0.2) is 24.9 Å². The second-order valence-corrected chi connectivity index (χ2v) is 6.49. The van der Waals surface area contributed by atoms with E-state index in [0.717, 1.165) is 22.5 Å². The number of rotatable bonds is 5. The number of benzene rings is 3. The standard InChI is InChI=1S/C19H13F2NO5S/c20-12-4-6-15(17(21)9-12)11-2-1-3-13(8-11)22(28(26)27)14-5-7-16(19(24)25)18(23)10-14/h1-10,23H,(H,24,25)(H,26,27)/p-1. The summed E-state index contributed by atoms with van der Waals surface area (Å²) in [5, 5.41) is 18.8. The summed E-state index contributed by atoms with van der Waals surface area (Å²) < 4.78 is 51.6. The van der Waals surface area contributed by atoms with E-state index >= 15 is 0 Å². The first-order chi connectivity index (χ1) is 13.3. The first-order valence-electron chi connectivity index (χ1n) is 7.79. The summed E-state index contributed by atoms with van der Waals surface area (Å²) in [7, 11) is 0. The summed E-state index contributed by atoms with van der Waals surface area (Å²) in [6.07, 6.45) is 0. The molecule has 0 aliphatic heterocycles. The maximum atomic E-state index is 14.1. The lowest BCUT2D eigenvalue weighted by Crippen LogP contribution is -2.19. The van der Waals surface area contributed by atoms with Crippen molar-refractivity contribution in [2.75, 3.05) is 4.31 Å². The summed E-state index contributed by atoms with van der Waals surface area (Å²) in [5.41, 5.74) is 0.0768. The molecule has 0 aliphatic carbocycles. The van der Waals surface area contributed by atoms with E-state index in [1.54, 1.807) is 0 Å². The monoisotopic (exact) mass is 404 g/mol. The minimum atomic E-state index is -2.83. The van der Waals surface area contributed by atoms with Gasteiger partial charge in [-0.2, -0.15) is 0 Å². The highest BCUT2D eigenvalue weighted by Gasteiger charge is 2.16. The van der Waals surface area contributed by atoms with Crippen LogP contribution in [0.4, 0.5) is 20.2 Å². The average Bonchev–Trinajstić information content (AvgIpc) is 2.61. The number of carbonyl (C=O) groups is 1. The molecule has 1 atom stereocenters. The van der Waals surface area contributed by atoms with E-state index in [2.05, 4.69) is 0 Å². The van der Waals surface area contributed by atoms with Crippen LogP contribution in [0.3, 0.4) is 0 Å². The van der Waals surface area contributed by atoms with E-state index in [9.17, 15) is 27.4 Å². The molecule has 0 saturated heterocycles. The fourth-order valence-electron chi connectivity index (χ4n) is 2.67. The van der Waals surface area contributed by atoms with E-state index in [0.29, 0.717) is 11.6 Å². The van der Waals surface area contributed by atoms with Gasteiger partial charge >= 0.3 is 5.97 Å². The molecule has 0 saturated carbocycles. The van der Waals surface area contributed by atoms with Crippen LogP contribution in [0.2, 0.25) is 0 Å². The molecule has 0 radical (unpaired) electrons. The molecule has 0 heterocycles. The van der Waals surface area contributed by atoms with Crippen molar-refractivity contribution in [2.24, 2.45) is 0 Å². The lowest BCUT2D eigenvalue weighted by atomic mass is 10.0. The quantitative estimate of drug-likeness (QED) is 0.627. The van der Waals surface area contributed by atoms with Gasteiger partial charge in [0.2, 0.25) is 0 Å². The number of anilines is 2. The number of aromatic hydroxyl groups is 1. The van der Waals surface area contributed by atoms with Crippen LogP contribution in [0.5, 0.6) is 5.75 Å². The molecule has 3 aromatic rings. The van der Waals surface area contributed by atoms with Gasteiger partial charge in [0.1, 0.15) is 22.9 Å². The van der Waals surface area contributed by atoms with Crippen LogP contribution in [-0.2, 0) is 11.3 Å². The Morgan fingerprint density at radius 2 is 1.71 bits per heavy atom. The summed E-state index contributed by atoms with van der Waals surface area (Å²) in [5.74, 6) is -3.53. The fourth-order valence-corrected chi connectivity index (χ4v) is 3.24. The first kappa shape index (κ1) is 19.5. The topological polar surface area (TPSA) is 101 Å². The second-order valence-electron chi connectivity index (χ2n) is 5.69. The van der Waals surface area contributed by atoms with Crippen molar-refractivity contribution < 1.29 is 32.6 Å². The largest absolute Gasteiger partial charge is 0.755 e. The Morgan fingerprint density at radius 3 is 2.32 bits per heavy atom. The Hall–Kier alpha value is -3.30. The van der Waals surface area contributed by atoms with Crippen molar-refractivity contribution >= 4 is 28.6 Å². The molecule has 0 amide bonds. The van der Waals surface area contributed by atoms with Gasteiger partial charge in [0.15, 0.2) is 0 Å². The molecule has 9 heteroatoms. The molecule has 3 aromatic carbocycles. The molecule has 0 aromatic heterocycles. The number of nitrogens with zero attached hydrogens (tertiary/aromatic N) is 1. The van der Waals surface area contributed by atoms with Gasteiger partial charge in [-0.05, 0) is 42.0 Å². The lowest BCUT2D eigenvalue weighted by molar-refractivity contribution is 0.0693. The van der Waals surface area contributed by atoms with Crippen LogP contribution in [0.25, 0.3) is 11.1 Å². The maximum absolute atomic E-state index is 14.1. The number of phenols is 1. The van der Waals surface area contributed by atoms with Crippen molar-refractivity contribution in [3.05, 3.63) is 77.9 Å². The van der Waals surface area contributed by atoms with Crippen molar-refractivity contribution in [2.45, 2.75) is 0 Å². The van der Waals surface area contributed by atoms with Crippen LogP contribution in [0, 0.1) is 11.6 Å². The lowest BCUT2D eigenvalue weighted by Gasteiger charge is -2.27. The molecular formula is C19H12F2NO5S-. The zero-order chi connectivity index (χ0) is 20.4. The van der Waals surface area contributed by atoms with Gasteiger partial charge in [-0.25, -0.2) is 13.6 Å². The molecule has 1 unspecified atom stereocenters. The van der Waals surface area contributed by atoms with Gasteiger partial charge in [-0.15, -0.1) is 0 Å². The van der Waals surface area contributed by atoms with Crippen molar-refractivity contribution in [3.63, 3.8) is 0 Å². The molecule has 0 aliphatic rings. The molecule has 28 heavy (non-hydrogen) atoms. The van der Waals surface area contributed by atoms with Gasteiger partial charge in [0.25, 0.3) is 0 Å². The fraction of sp³-hybridized carbons (Fsp3) is 0. The zero-order valence-electron chi connectivity index (χ0n) is 14.0. The highest BCUT2D eigenvalue weighted by atomic mass is 32.2. The Kier molecular flexibility index (Phi) is 5.39. The van der Waals surface area contributed by atoms with E-state index in [-0.39, 0.29) is 22.5 Å². The van der Waals surface area contributed by atoms with Gasteiger partial charge < -0.3 is 14.8 Å². The zero-order valence-corrected chi connectivity index (χ0v) is 14.8. The number of aromatic carboxylic acids is 1. The molecule has 144 valence electrons. The summed E-state index contributed by atoms with van der Waals surface area (Å²) in [4.78, 5) is 11.0. The van der Waals surface area contributed by atoms with Crippen molar-refractivity contribution in [3.8, 4) is 16.9 Å². The number of carboxylic acid groups (broad SMARTS) is 1. The van der Waals surface area contributed by atoms with Crippen LogP contribution >= 0.6 is 0 Å². The summed E-state index contributed by atoms with van der Waals surface area (Å²) in [6, 6.07) is 12.1. The molecule has 0 fully saturated rings. The van der Waals surface area contributed by atoms with Crippen molar-refractivity contribution in [1.29, 1.82) is 0 Å². The van der Waals surface area contributed by atoms with Crippen LogP contribution in [0.1, 0.15) is 10.4 Å². The minimum absolute atomic E-state index is 0.0208. The van der Waals surface area contributed by atoms with E-state index in [1.807, 2.05) is 0 Å². The molecular weight excluding hydrogens is 392 g/mol. The normalized spacial score (nSPS) is 11.8. The Morgan fingerprint density at radius 1 is 1.00 bits per heavy atom. The SMILES string of the molecule is O=C(O)c1ccc(N(c2cccc(-c3ccc(F)cc3F)c2)S(=O)[O-])cc1O. The van der Waals surface area contributed by atoms with Crippen LogP contribution in [0.15, 0.2) is 60.7 Å². The van der Waals surface area contributed by atoms with Gasteiger partial charge in [0.05, 0.1) is 22.6 Å². The number of hydrogen-bond donors (Lipinski definition) is 2. The van der Waals surface area contributed by atoms with E-state index in [1.165, 1.54) is 36.4 Å². The number of halogens is 2. The van der Waals surface area contributed by atoms with E-state index in [4.69, 9.17) is 5.11 Å². The Labute approximate surface area is 160 Å². The molecule has 2 N–H and O–H groups in total. The van der Waals surface area contributed by atoms with Gasteiger partial charge in [0, 0.05) is 17.7 Å². The predicted molar refractivity (Wildman–Crippen MR) is 97.9 cm³/mol. The second kappa shape index (κ2) is 7.75. The highest BCUT2D eigenvalue weighted by Crippen LogP contribution is 2.34. The molecule has 6 nitrogen and oxygen atoms in total. The smallest absolute Gasteiger partial charge is 0.339 e. The van der Waals surface area contributed by atoms with Gasteiger partial charge in [-0.1, -0.05) is 12.1 Å². The van der Waals surface area contributed by atoms with Gasteiger partial charge in [-0.3, -0.25) is 8.51 Å². The molecule has 0 bridgehead atoms. The predicted octanol–water partition coefficient (Wildman–Crippen LogP) is 3.97. The third kappa shape index (κ3) is 3.85. The van der Waals surface area contributed by atoms with Crippen LogP contribution < -0.4 is 4.31 Å². The van der Waals surface area contributed by atoms with Crippen molar-refractivity contribution in [1.82, 2.24) is 0 Å². The summed E-state index contributed by atoms with van der Waals surface area (Å²) in [6.45, 7) is 0. The maximum Gasteiger partial charge on any atom is 0.339 e. The minimum Gasteiger partial charge on any atom is -0.755 e. The average molecular weight is 404 g/mol. The molecule has 3 rings (SSSR count). The Balaban J connectivity index is 2.08. The highest BCUT2D eigenvalue weighted by molar-refractivity contribution is 7.81. The number of carboxylic acids is 1.